The predicted molar refractivity (Wildman–Crippen MR) is 72.5 cm³/mol. The van der Waals surface area contributed by atoms with Crippen LogP contribution in [-0.4, -0.2) is 24.9 Å². The molecule has 0 saturated heterocycles. The Labute approximate surface area is 113 Å². The lowest BCUT2D eigenvalue weighted by Gasteiger charge is -2.45. The second-order valence-corrected chi connectivity index (χ2v) is 5.70. The molecule has 1 heterocycles. The number of aliphatic hydroxyl groups excluding tert-OH is 1. The van der Waals surface area contributed by atoms with Crippen LogP contribution in [0.1, 0.15) is 36.4 Å². The van der Waals surface area contributed by atoms with Gasteiger partial charge >= 0.3 is 0 Å². The summed E-state index contributed by atoms with van der Waals surface area (Å²) in [5, 5.41) is 9.66. The van der Waals surface area contributed by atoms with E-state index in [1.165, 1.54) is 0 Å². The first-order valence-corrected chi connectivity index (χ1v) is 6.93. The topological polar surface area (TPSA) is 64.7 Å². The second-order valence-electron chi connectivity index (χ2n) is 5.70. The molecule has 1 aromatic rings. The Balaban J connectivity index is 1.96. The highest BCUT2D eigenvalue weighted by Crippen LogP contribution is 2.50. The highest BCUT2D eigenvalue weighted by Gasteiger charge is 2.43. The first-order chi connectivity index (χ1) is 9.16. The van der Waals surface area contributed by atoms with E-state index in [-0.39, 0.29) is 18.1 Å². The first-order valence-electron chi connectivity index (χ1n) is 6.93. The van der Waals surface area contributed by atoms with Crippen LogP contribution in [0.2, 0.25) is 0 Å². The average molecular weight is 263 g/mol. The monoisotopic (exact) mass is 263 g/mol. The number of nitrogens with two attached hydrogens (primary N) is 1. The van der Waals surface area contributed by atoms with Crippen molar-refractivity contribution in [1.82, 2.24) is 0 Å². The first kappa shape index (κ1) is 12.8. The van der Waals surface area contributed by atoms with Gasteiger partial charge in [0.1, 0.15) is 13.2 Å². The largest absolute Gasteiger partial charge is 0.486 e. The van der Waals surface area contributed by atoms with Gasteiger partial charge in [0, 0.05) is 11.5 Å². The molecule has 0 bridgehead atoms. The fraction of sp³-hybridized carbons (Fsp3) is 0.600. The van der Waals surface area contributed by atoms with Crippen molar-refractivity contribution >= 4 is 0 Å². The van der Waals surface area contributed by atoms with Gasteiger partial charge in [0.2, 0.25) is 0 Å². The van der Waals surface area contributed by atoms with Crippen LogP contribution < -0.4 is 15.2 Å². The van der Waals surface area contributed by atoms with Crippen LogP contribution >= 0.6 is 0 Å². The van der Waals surface area contributed by atoms with E-state index >= 15 is 0 Å². The van der Waals surface area contributed by atoms with E-state index in [4.69, 9.17) is 15.2 Å². The molecular weight excluding hydrogens is 242 g/mol. The zero-order valence-corrected chi connectivity index (χ0v) is 11.3. The van der Waals surface area contributed by atoms with E-state index in [1.54, 1.807) is 0 Å². The van der Waals surface area contributed by atoms with Gasteiger partial charge in [-0.1, -0.05) is 6.42 Å². The molecule has 0 spiro atoms. The van der Waals surface area contributed by atoms with Crippen molar-refractivity contribution in [1.29, 1.82) is 0 Å². The predicted octanol–water partition coefficient (Wildman–Crippen LogP) is 1.93. The summed E-state index contributed by atoms with van der Waals surface area (Å²) in [4.78, 5) is 0. The molecule has 1 unspecified atom stereocenters. The summed E-state index contributed by atoms with van der Waals surface area (Å²) in [7, 11) is 0. The van der Waals surface area contributed by atoms with Crippen molar-refractivity contribution < 1.29 is 14.6 Å². The quantitative estimate of drug-likeness (QED) is 0.874. The van der Waals surface area contributed by atoms with E-state index in [9.17, 15) is 5.11 Å². The van der Waals surface area contributed by atoms with Gasteiger partial charge in [-0.15, -0.1) is 0 Å². The zero-order valence-electron chi connectivity index (χ0n) is 11.3. The lowest BCUT2D eigenvalue weighted by atomic mass is 9.63. The normalized spacial score (nSPS) is 21.6. The van der Waals surface area contributed by atoms with Crippen LogP contribution in [0.15, 0.2) is 12.1 Å². The molecule has 1 aliphatic carbocycles. The molecule has 3 rings (SSSR count). The molecule has 104 valence electrons. The summed E-state index contributed by atoms with van der Waals surface area (Å²) in [6, 6.07) is 3.85. The number of hydrogen-bond acceptors (Lipinski definition) is 4. The lowest BCUT2D eigenvalue weighted by Crippen LogP contribution is -2.43. The molecular formula is C15H21NO3. The number of aliphatic hydroxyl groups is 1. The molecule has 1 aliphatic heterocycles. The van der Waals surface area contributed by atoms with E-state index in [2.05, 4.69) is 0 Å². The van der Waals surface area contributed by atoms with Crippen LogP contribution in [0.4, 0.5) is 0 Å². The lowest BCUT2D eigenvalue weighted by molar-refractivity contribution is 0.0181. The van der Waals surface area contributed by atoms with Crippen molar-refractivity contribution in [3.63, 3.8) is 0 Å². The number of aryl methyl sites for hydroxylation is 1. The summed E-state index contributed by atoms with van der Waals surface area (Å²) in [5.74, 6) is 1.57. The molecule has 0 amide bonds. The molecule has 3 N–H and O–H groups in total. The maximum Gasteiger partial charge on any atom is 0.161 e. The molecule has 1 fully saturated rings. The summed E-state index contributed by atoms with van der Waals surface area (Å²) < 4.78 is 11.2. The number of rotatable bonds is 3. The maximum absolute atomic E-state index is 9.66. The average Bonchev–Trinajstić information content (AvgIpc) is 2.37. The van der Waals surface area contributed by atoms with Crippen molar-refractivity contribution in [3.8, 4) is 11.5 Å². The molecule has 0 radical (unpaired) electrons. The SMILES string of the molecule is Cc1cc2c(cc1C(N)C1(CO)CCC1)OCCO2. The smallest absolute Gasteiger partial charge is 0.161 e. The third-order valence-electron chi connectivity index (χ3n) is 4.59. The Hall–Kier alpha value is -1.26. The molecule has 4 nitrogen and oxygen atoms in total. The minimum atomic E-state index is -0.144. The molecule has 2 aliphatic rings. The minimum absolute atomic E-state index is 0.137. The van der Waals surface area contributed by atoms with E-state index < -0.39 is 0 Å². The molecule has 0 aromatic heterocycles. The summed E-state index contributed by atoms with van der Waals surface area (Å²) >= 11 is 0. The van der Waals surface area contributed by atoms with Crippen molar-refractivity contribution in [3.05, 3.63) is 23.3 Å². The minimum Gasteiger partial charge on any atom is -0.486 e. The molecule has 1 saturated carbocycles. The van der Waals surface area contributed by atoms with E-state index in [1.807, 2.05) is 19.1 Å². The third kappa shape index (κ3) is 1.99. The third-order valence-corrected chi connectivity index (χ3v) is 4.59. The van der Waals surface area contributed by atoms with Crippen molar-refractivity contribution in [2.75, 3.05) is 19.8 Å². The number of fused-ring (bicyclic) bond motifs is 1. The standard InChI is InChI=1S/C15H21NO3/c1-10-7-12-13(19-6-5-18-12)8-11(10)14(16)15(9-17)3-2-4-15/h7-8,14,17H,2-6,9,16H2,1H3. The van der Waals surface area contributed by atoms with Crippen LogP contribution in [0.5, 0.6) is 11.5 Å². The van der Waals surface area contributed by atoms with Gasteiger partial charge < -0.3 is 20.3 Å². The number of ether oxygens (including phenoxy) is 2. The highest BCUT2D eigenvalue weighted by atomic mass is 16.6. The Morgan fingerprint density at radius 3 is 2.42 bits per heavy atom. The zero-order chi connectivity index (χ0) is 13.5. The van der Waals surface area contributed by atoms with Gasteiger partial charge in [-0.05, 0) is 43.0 Å². The van der Waals surface area contributed by atoms with Crippen molar-refractivity contribution in [2.24, 2.45) is 11.1 Å². The summed E-state index contributed by atoms with van der Waals surface area (Å²) in [6.45, 7) is 3.37. The van der Waals surface area contributed by atoms with Gasteiger partial charge in [0.25, 0.3) is 0 Å². The van der Waals surface area contributed by atoms with Gasteiger partial charge in [-0.2, -0.15) is 0 Å². The fourth-order valence-corrected chi connectivity index (χ4v) is 3.07. The van der Waals surface area contributed by atoms with Gasteiger partial charge in [-0.25, -0.2) is 0 Å². The van der Waals surface area contributed by atoms with Crippen LogP contribution in [0.25, 0.3) is 0 Å². The van der Waals surface area contributed by atoms with E-state index in [0.29, 0.717) is 13.2 Å². The Morgan fingerprint density at radius 1 is 1.26 bits per heavy atom. The Kier molecular flexibility index (Phi) is 3.15. The number of benzene rings is 1. The van der Waals surface area contributed by atoms with Crippen LogP contribution in [0, 0.1) is 12.3 Å². The maximum atomic E-state index is 9.66. The summed E-state index contributed by atoms with van der Waals surface area (Å²) in [6.07, 6.45) is 3.15. The molecule has 1 aromatic carbocycles. The molecule has 4 heteroatoms. The molecule has 19 heavy (non-hydrogen) atoms. The highest BCUT2D eigenvalue weighted by molar-refractivity contribution is 5.49. The van der Waals surface area contributed by atoms with Gasteiger partial charge in [0.05, 0.1) is 6.61 Å². The van der Waals surface area contributed by atoms with Crippen molar-refractivity contribution in [2.45, 2.75) is 32.2 Å². The fourth-order valence-electron chi connectivity index (χ4n) is 3.07. The Bertz CT molecular complexity index is 477. The van der Waals surface area contributed by atoms with Crippen LogP contribution in [0.3, 0.4) is 0 Å². The van der Waals surface area contributed by atoms with E-state index in [0.717, 1.165) is 41.9 Å². The number of hydrogen-bond donors (Lipinski definition) is 2. The van der Waals surface area contributed by atoms with Gasteiger partial charge in [0.15, 0.2) is 11.5 Å². The molecule has 1 atom stereocenters. The summed E-state index contributed by atoms with van der Waals surface area (Å²) in [5.41, 5.74) is 8.45. The van der Waals surface area contributed by atoms with Crippen LogP contribution in [-0.2, 0) is 0 Å². The second kappa shape index (κ2) is 4.69. The van der Waals surface area contributed by atoms with Gasteiger partial charge in [-0.3, -0.25) is 0 Å². The Morgan fingerprint density at radius 2 is 1.89 bits per heavy atom.